The summed E-state index contributed by atoms with van der Waals surface area (Å²) in [7, 11) is -3.83. The van der Waals surface area contributed by atoms with Crippen molar-refractivity contribution in [2.45, 2.75) is 118 Å². The van der Waals surface area contributed by atoms with Crippen LogP contribution >= 0.6 is 47.0 Å². The third-order valence-electron chi connectivity index (χ3n) is 8.04. The second-order valence-electron chi connectivity index (χ2n) is 13.8. The minimum absolute atomic E-state index is 0.0422. The van der Waals surface area contributed by atoms with Crippen LogP contribution in [-0.4, -0.2) is 53.9 Å². The molecule has 2 fully saturated rings. The van der Waals surface area contributed by atoms with Crippen molar-refractivity contribution in [2.75, 3.05) is 23.0 Å². The number of hydrogen-bond donors (Lipinski definition) is 0. The van der Waals surface area contributed by atoms with E-state index in [1.54, 1.807) is 0 Å². The fraction of sp³-hybridized carbons (Fsp3) is 0.742. The van der Waals surface area contributed by atoms with Gasteiger partial charge in [-0.3, -0.25) is 0 Å². The van der Waals surface area contributed by atoms with Gasteiger partial charge in [0.05, 0.1) is 14.3 Å². The van der Waals surface area contributed by atoms with Crippen molar-refractivity contribution < 1.29 is 8.85 Å². The lowest BCUT2D eigenvalue weighted by molar-refractivity contribution is 0.117. The summed E-state index contributed by atoms with van der Waals surface area (Å²) in [6.07, 6.45) is 7.90. The minimum atomic E-state index is -1.97. The van der Waals surface area contributed by atoms with Crippen molar-refractivity contribution in [3.05, 3.63) is 48.0 Å². The van der Waals surface area contributed by atoms with Crippen LogP contribution in [0.5, 0.6) is 0 Å². The van der Waals surface area contributed by atoms with Crippen LogP contribution in [0.2, 0.25) is 37.8 Å². The zero-order valence-corrected chi connectivity index (χ0v) is 31.3. The van der Waals surface area contributed by atoms with Crippen LogP contribution in [0.15, 0.2) is 36.9 Å². The molecule has 2 nitrogen and oxygen atoms in total. The Kier molecular flexibility index (Phi) is 12.3. The standard InChI is InChI=1S/C31H54O2S4Si2/c1-11-16-25-17-12-13-18-27(25)28(33-38(6,7)8)31(36-21-15-22-37-31)24-26(32-39(9,10)29(2,3)4)23-30(5)34-19-14-20-35-30/h11-13,17-18,26,28H,1,14-16,19-24H2,2-10H3/t26-,28-/m1/s1. The van der Waals surface area contributed by atoms with Gasteiger partial charge in [0.2, 0.25) is 0 Å². The highest BCUT2D eigenvalue weighted by Gasteiger charge is 2.50. The molecule has 0 spiro atoms. The van der Waals surface area contributed by atoms with Crippen LogP contribution < -0.4 is 0 Å². The average molecular weight is 643 g/mol. The molecule has 39 heavy (non-hydrogen) atoms. The van der Waals surface area contributed by atoms with E-state index in [4.69, 9.17) is 8.85 Å². The van der Waals surface area contributed by atoms with E-state index in [2.05, 4.69) is 138 Å². The van der Waals surface area contributed by atoms with E-state index in [1.807, 2.05) is 6.08 Å². The highest BCUT2D eigenvalue weighted by molar-refractivity contribution is 8.19. The molecule has 0 aliphatic carbocycles. The molecule has 1 aromatic rings. The summed E-state index contributed by atoms with van der Waals surface area (Å²) in [5.41, 5.74) is 2.72. The monoisotopic (exact) mass is 642 g/mol. The molecule has 2 aliphatic heterocycles. The Bertz CT molecular complexity index is 929. The number of benzene rings is 1. The molecule has 0 radical (unpaired) electrons. The maximum atomic E-state index is 7.42. The van der Waals surface area contributed by atoms with Crippen LogP contribution in [-0.2, 0) is 15.3 Å². The fourth-order valence-electron chi connectivity index (χ4n) is 5.12. The van der Waals surface area contributed by atoms with Gasteiger partial charge >= 0.3 is 0 Å². The first kappa shape index (κ1) is 34.2. The van der Waals surface area contributed by atoms with E-state index in [-0.39, 0.29) is 25.4 Å². The lowest BCUT2D eigenvalue weighted by Crippen LogP contribution is -2.49. The van der Waals surface area contributed by atoms with Gasteiger partial charge in [-0.15, -0.1) is 53.6 Å². The Labute approximate surface area is 260 Å². The van der Waals surface area contributed by atoms with Crippen LogP contribution in [0, 0.1) is 0 Å². The smallest absolute Gasteiger partial charge is 0.192 e. The lowest BCUT2D eigenvalue weighted by Gasteiger charge is -2.49. The number of allylic oxidation sites excluding steroid dienone is 1. The number of thioether (sulfide) groups is 4. The van der Waals surface area contributed by atoms with Gasteiger partial charge in [-0.1, -0.05) is 51.1 Å². The summed E-state index contributed by atoms with van der Waals surface area (Å²) in [6, 6.07) is 8.99. The Balaban J connectivity index is 2.09. The highest BCUT2D eigenvalue weighted by Crippen LogP contribution is 2.58. The van der Waals surface area contributed by atoms with Crippen LogP contribution in [0.4, 0.5) is 0 Å². The SMILES string of the molecule is C=CCc1ccccc1[C@@H](O[Si](C)(C)C)C1(C[C@@H](CC2(C)SCCCS2)O[Si](C)(C)C(C)(C)C)SCCCS1. The van der Waals surface area contributed by atoms with Crippen LogP contribution in [0.3, 0.4) is 0 Å². The minimum Gasteiger partial charge on any atom is -0.414 e. The molecular weight excluding hydrogens is 589 g/mol. The molecule has 1 aromatic carbocycles. The maximum Gasteiger partial charge on any atom is 0.192 e. The Morgan fingerprint density at radius 3 is 2.00 bits per heavy atom. The van der Waals surface area contributed by atoms with Crippen molar-refractivity contribution in [3.63, 3.8) is 0 Å². The predicted octanol–water partition coefficient (Wildman–Crippen LogP) is 10.6. The average Bonchev–Trinajstić information content (AvgIpc) is 2.82. The van der Waals surface area contributed by atoms with E-state index in [1.165, 1.54) is 47.0 Å². The third-order valence-corrected chi connectivity index (χ3v) is 20.2. The van der Waals surface area contributed by atoms with Gasteiger partial charge in [-0.25, -0.2) is 0 Å². The lowest BCUT2D eigenvalue weighted by atomic mass is 9.94. The first-order valence-electron chi connectivity index (χ1n) is 14.7. The van der Waals surface area contributed by atoms with Gasteiger partial charge in [0.1, 0.15) is 0 Å². The molecule has 0 bridgehead atoms. The Hall–Kier alpha value is 0.714. The van der Waals surface area contributed by atoms with Gasteiger partial charge in [-0.05, 0) is 111 Å². The van der Waals surface area contributed by atoms with Gasteiger partial charge in [0.15, 0.2) is 16.6 Å². The number of rotatable bonds is 12. The highest BCUT2D eigenvalue weighted by atomic mass is 32.2. The van der Waals surface area contributed by atoms with Crippen molar-refractivity contribution in [1.29, 1.82) is 0 Å². The third kappa shape index (κ3) is 9.60. The van der Waals surface area contributed by atoms with Crippen molar-refractivity contribution >= 4 is 63.7 Å². The molecule has 2 saturated heterocycles. The van der Waals surface area contributed by atoms with Gasteiger partial charge in [0, 0.05) is 6.10 Å². The largest absolute Gasteiger partial charge is 0.414 e. The van der Waals surface area contributed by atoms with Gasteiger partial charge in [-0.2, -0.15) is 0 Å². The first-order valence-corrected chi connectivity index (χ1v) is 25.0. The van der Waals surface area contributed by atoms with E-state index in [9.17, 15) is 0 Å². The molecule has 0 unspecified atom stereocenters. The Morgan fingerprint density at radius 1 is 0.897 bits per heavy atom. The quantitative estimate of drug-likeness (QED) is 0.166. The molecule has 0 saturated carbocycles. The molecular formula is C31H54O2S4Si2. The van der Waals surface area contributed by atoms with Gasteiger partial charge < -0.3 is 8.85 Å². The Morgan fingerprint density at radius 2 is 1.46 bits per heavy atom. The number of hydrogen-bond acceptors (Lipinski definition) is 6. The van der Waals surface area contributed by atoms with E-state index < -0.39 is 16.6 Å². The fourth-order valence-corrected chi connectivity index (χ4v) is 14.3. The summed E-state index contributed by atoms with van der Waals surface area (Å²) in [5.74, 6) is 4.91. The van der Waals surface area contributed by atoms with E-state index in [0.717, 1.165) is 19.3 Å². The van der Waals surface area contributed by atoms with Crippen molar-refractivity contribution in [1.82, 2.24) is 0 Å². The molecule has 8 heteroatoms. The van der Waals surface area contributed by atoms with E-state index in [0.29, 0.717) is 0 Å². The summed E-state index contributed by atoms with van der Waals surface area (Å²) >= 11 is 8.64. The molecule has 0 N–H and O–H groups in total. The van der Waals surface area contributed by atoms with Crippen molar-refractivity contribution in [2.24, 2.45) is 0 Å². The molecule has 222 valence electrons. The van der Waals surface area contributed by atoms with Crippen LogP contribution in [0.25, 0.3) is 0 Å². The first-order chi connectivity index (χ1) is 18.1. The maximum absolute atomic E-state index is 7.42. The molecule has 2 heterocycles. The molecule has 0 amide bonds. The summed E-state index contributed by atoms with van der Waals surface area (Å²) in [4.78, 5) is 0. The predicted molar refractivity (Wildman–Crippen MR) is 189 cm³/mol. The second-order valence-corrected chi connectivity index (χ2v) is 29.5. The summed E-state index contributed by atoms with van der Waals surface area (Å²) in [6.45, 7) is 25.6. The summed E-state index contributed by atoms with van der Waals surface area (Å²) in [5, 5.41) is 0.184. The van der Waals surface area contributed by atoms with Gasteiger partial charge in [0.25, 0.3) is 0 Å². The molecule has 0 aromatic heterocycles. The normalized spacial score (nSPS) is 21.8. The van der Waals surface area contributed by atoms with Crippen molar-refractivity contribution in [3.8, 4) is 0 Å². The zero-order chi connectivity index (χ0) is 29.0. The summed E-state index contributed by atoms with van der Waals surface area (Å²) < 4.78 is 14.8. The topological polar surface area (TPSA) is 18.5 Å². The zero-order valence-electron chi connectivity index (χ0n) is 26.1. The second kappa shape index (κ2) is 14.0. The molecule has 2 aliphatic rings. The molecule has 3 rings (SSSR count). The van der Waals surface area contributed by atoms with Crippen LogP contribution in [0.1, 0.15) is 70.6 Å². The molecule has 2 atom stereocenters. The van der Waals surface area contributed by atoms with E-state index >= 15 is 0 Å².